The number of ether oxygens (including phenoxy) is 1. The molecule has 1 unspecified atom stereocenters. The summed E-state index contributed by atoms with van der Waals surface area (Å²) in [4.78, 5) is 13.9. The summed E-state index contributed by atoms with van der Waals surface area (Å²) in [5.74, 6) is -2.50. The van der Waals surface area contributed by atoms with Crippen molar-refractivity contribution in [3.63, 3.8) is 0 Å². The van der Waals surface area contributed by atoms with E-state index in [9.17, 15) is 13.6 Å². The standard InChI is InChI=1S/C14H18F2N2O2/c1-2-20-9-4-3-5-18(8-9)14(19)10-6-11(15)12(16)7-13(10)17/h6-7,9H,2-5,8,17H2,1H3. The molecule has 1 aliphatic heterocycles. The van der Waals surface area contributed by atoms with E-state index in [-0.39, 0.29) is 23.3 Å². The summed E-state index contributed by atoms with van der Waals surface area (Å²) >= 11 is 0. The number of hydrogen-bond acceptors (Lipinski definition) is 3. The van der Waals surface area contributed by atoms with E-state index in [0.717, 1.165) is 25.0 Å². The molecule has 1 aromatic rings. The number of carbonyl (C=O) groups is 1. The average molecular weight is 284 g/mol. The van der Waals surface area contributed by atoms with Crippen LogP contribution in [0.15, 0.2) is 12.1 Å². The number of rotatable bonds is 3. The van der Waals surface area contributed by atoms with E-state index in [4.69, 9.17) is 10.5 Å². The first-order valence-electron chi connectivity index (χ1n) is 6.68. The fourth-order valence-electron chi connectivity index (χ4n) is 2.41. The Morgan fingerprint density at radius 1 is 1.45 bits per heavy atom. The Morgan fingerprint density at radius 3 is 2.85 bits per heavy atom. The van der Waals surface area contributed by atoms with E-state index in [1.54, 1.807) is 4.90 Å². The van der Waals surface area contributed by atoms with Gasteiger partial charge in [-0.05, 0) is 25.8 Å². The number of nitrogens with zero attached hydrogens (tertiary/aromatic N) is 1. The van der Waals surface area contributed by atoms with Gasteiger partial charge in [-0.25, -0.2) is 8.78 Å². The van der Waals surface area contributed by atoms with Crippen molar-refractivity contribution in [2.75, 3.05) is 25.4 Å². The maximum Gasteiger partial charge on any atom is 0.256 e. The molecular weight excluding hydrogens is 266 g/mol. The predicted molar refractivity (Wildman–Crippen MR) is 71.3 cm³/mol. The van der Waals surface area contributed by atoms with Gasteiger partial charge in [-0.2, -0.15) is 0 Å². The zero-order valence-corrected chi connectivity index (χ0v) is 11.4. The Balaban J connectivity index is 2.16. The largest absolute Gasteiger partial charge is 0.398 e. The van der Waals surface area contributed by atoms with E-state index in [2.05, 4.69) is 0 Å². The van der Waals surface area contributed by atoms with Crippen LogP contribution < -0.4 is 5.73 Å². The van der Waals surface area contributed by atoms with E-state index < -0.39 is 11.6 Å². The van der Waals surface area contributed by atoms with Crippen LogP contribution in [0.2, 0.25) is 0 Å². The quantitative estimate of drug-likeness (QED) is 0.866. The number of carbonyl (C=O) groups excluding carboxylic acids is 1. The Hall–Kier alpha value is -1.69. The molecule has 1 amide bonds. The summed E-state index contributed by atoms with van der Waals surface area (Å²) in [6, 6.07) is 1.70. The van der Waals surface area contributed by atoms with Gasteiger partial charge in [0.05, 0.1) is 11.7 Å². The molecule has 4 nitrogen and oxygen atoms in total. The second-order valence-electron chi connectivity index (χ2n) is 4.82. The first kappa shape index (κ1) is 14.7. The molecule has 2 rings (SSSR count). The number of halogens is 2. The van der Waals surface area contributed by atoms with Crippen molar-refractivity contribution in [2.24, 2.45) is 0 Å². The number of anilines is 1. The van der Waals surface area contributed by atoms with E-state index in [0.29, 0.717) is 19.7 Å². The fraction of sp³-hybridized carbons (Fsp3) is 0.500. The van der Waals surface area contributed by atoms with Gasteiger partial charge in [0.15, 0.2) is 11.6 Å². The third-order valence-corrected chi connectivity index (χ3v) is 3.39. The molecule has 1 aliphatic rings. The highest BCUT2D eigenvalue weighted by Gasteiger charge is 2.26. The zero-order chi connectivity index (χ0) is 14.7. The van der Waals surface area contributed by atoms with Crippen molar-refractivity contribution < 1.29 is 18.3 Å². The topological polar surface area (TPSA) is 55.6 Å². The lowest BCUT2D eigenvalue weighted by Gasteiger charge is -2.32. The molecule has 6 heteroatoms. The summed E-state index contributed by atoms with van der Waals surface area (Å²) in [6.45, 7) is 3.50. The van der Waals surface area contributed by atoms with E-state index in [1.165, 1.54) is 0 Å². The van der Waals surface area contributed by atoms with Gasteiger partial charge < -0.3 is 15.4 Å². The highest BCUT2D eigenvalue weighted by Crippen LogP contribution is 2.21. The van der Waals surface area contributed by atoms with Crippen molar-refractivity contribution in [1.82, 2.24) is 4.90 Å². The Kier molecular flexibility index (Phi) is 4.54. The van der Waals surface area contributed by atoms with Crippen LogP contribution in [-0.2, 0) is 4.74 Å². The van der Waals surface area contributed by atoms with Crippen LogP contribution in [-0.4, -0.2) is 36.6 Å². The van der Waals surface area contributed by atoms with Gasteiger partial charge in [0.1, 0.15) is 0 Å². The molecule has 1 atom stereocenters. The number of nitrogens with two attached hydrogens (primary N) is 1. The molecule has 0 spiro atoms. The molecule has 110 valence electrons. The number of likely N-dealkylation sites (tertiary alicyclic amines) is 1. The van der Waals surface area contributed by atoms with Crippen LogP contribution in [0.5, 0.6) is 0 Å². The minimum atomic E-state index is -1.07. The lowest BCUT2D eigenvalue weighted by molar-refractivity contribution is 0.00726. The summed E-state index contributed by atoms with van der Waals surface area (Å²) in [5, 5.41) is 0. The van der Waals surface area contributed by atoms with Gasteiger partial charge in [0, 0.05) is 31.5 Å². The summed E-state index contributed by atoms with van der Waals surface area (Å²) in [7, 11) is 0. The van der Waals surface area contributed by atoms with E-state index in [1.807, 2.05) is 6.92 Å². The normalized spacial score (nSPS) is 19.1. The molecule has 0 aromatic heterocycles. The Labute approximate surface area is 116 Å². The SMILES string of the molecule is CCOC1CCCN(C(=O)c2cc(F)c(F)cc2N)C1. The van der Waals surface area contributed by atoms with Gasteiger partial charge in [-0.1, -0.05) is 0 Å². The third-order valence-electron chi connectivity index (χ3n) is 3.39. The molecule has 1 heterocycles. The molecular formula is C14H18F2N2O2. The number of benzene rings is 1. The van der Waals surface area contributed by atoms with Crippen LogP contribution in [0, 0.1) is 11.6 Å². The third kappa shape index (κ3) is 3.07. The minimum absolute atomic E-state index is 0.000971. The second-order valence-corrected chi connectivity index (χ2v) is 4.82. The summed E-state index contributed by atoms with van der Waals surface area (Å²) in [6.07, 6.45) is 1.70. The number of hydrogen-bond donors (Lipinski definition) is 1. The highest BCUT2D eigenvalue weighted by atomic mass is 19.2. The van der Waals surface area contributed by atoms with E-state index >= 15 is 0 Å². The van der Waals surface area contributed by atoms with Crippen molar-refractivity contribution in [3.05, 3.63) is 29.3 Å². The lowest BCUT2D eigenvalue weighted by Crippen LogP contribution is -2.43. The van der Waals surface area contributed by atoms with Gasteiger partial charge >= 0.3 is 0 Å². The number of piperidine rings is 1. The fourth-order valence-corrected chi connectivity index (χ4v) is 2.41. The maximum atomic E-state index is 13.3. The van der Waals surface area contributed by atoms with Crippen LogP contribution in [0.4, 0.5) is 14.5 Å². The Morgan fingerprint density at radius 2 is 2.15 bits per heavy atom. The molecule has 1 fully saturated rings. The second kappa shape index (κ2) is 6.17. The predicted octanol–water partition coefficient (Wildman–Crippen LogP) is 2.19. The molecule has 0 radical (unpaired) electrons. The minimum Gasteiger partial charge on any atom is -0.398 e. The van der Waals surface area contributed by atoms with Crippen LogP contribution in [0.25, 0.3) is 0 Å². The van der Waals surface area contributed by atoms with Crippen molar-refractivity contribution in [1.29, 1.82) is 0 Å². The number of amides is 1. The van der Waals surface area contributed by atoms with Crippen LogP contribution >= 0.6 is 0 Å². The van der Waals surface area contributed by atoms with Crippen molar-refractivity contribution in [3.8, 4) is 0 Å². The van der Waals surface area contributed by atoms with Gasteiger partial charge in [-0.3, -0.25) is 4.79 Å². The summed E-state index contributed by atoms with van der Waals surface area (Å²) in [5.41, 5.74) is 5.56. The first-order valence-corrected chi connectivity index (χ1v) is 6.68. The molecule has 0 saturated carbocycles. The highest BCUT2D eigenvalue weighted by molar-refractivity contribution is 5.99. The molecule has 20 heavy (non-hydrogen) atoms. The smallest absolute Gasteiger partial charge is 0.256 e. The maximum absolute atomic E-state index is 13.3. The zero-order valence-electron chi connectivity index (χ0n) is 11.4. The molecule has 1 saturated heterocycles. The molecule has 1 aromatic carbocycles. The van der Waals surface area contributed by atoms with Crippen molar-refractivity contribution >= 4 is 11.6 Å². The lowest BCUT2D eigenvalue weighted by atomic mass is 10.1. The van der Waals surface area contributed by atoms with Gasteiger partial charge in [-0.15, -0.1) is 0 Å². The molecule has 2 N–H and O–H groups in total. The van der Waals surface area contributed by atoms with Gasteiger partial charge in [0.2, 0.25) is 0 Å². The number of nitrogen functional groups attached to an aromatic ring is 1. The molecule has 0 aliphatic carbocycles. The average Bonchev–Trinajstić information content (AvgIpc) is 2.43. The van der Waals surface area contributed by atoms with Gasteiger partial charge in [0.25, 0.3) is 5.91 Å². The first-order chi connectivity index (χ1) is 9.52. The summed E-state index contributed by atoms with van der Waals surface area (Å²) < 4.78 is 31.8. The van der Waals surface area contributed by atoms with Crippen LogP contribution in [0.3, 0.4) is 0 Å². The van der Waals surface area contributed by atoms with Crippen molar-refractivity contribution in [2.45, 2.75) is 25.9 Å². The molecule has 0 bridgehead atoms. The van der Waals surface area contributed by atoms with Crippen LogP contribution in [0.1, 0.15) is 30.1 Å². The monoisotopic (exact) mass is 284 g/mol. The Bertz CT molecular complexity index is 506.